The molecule has 0 saturated carbocycles. The van der Waals surface area contributed by atoms with Gasteiger partial charge in [-0.05, 0) is 29.9 Å². The van der Waals surface area contributed by atoms with Crippen LogP contribution in [-0.4, -0.2) is 31.2 Å². The first-order valence-electron chi connectivity index (χ1n) is 7.06. The van der Waals surface area contributed by atoms with Crippen LogP contribution in [0.5, 0.6) is 0 Å². The SMILES string of the molecule is CC(C)Cc1cccc(CCC(=O)NCCS(=O)(=O)O)c1. The molecule has 0 aliphatic carbocycles. The highest BCUT2D eigenvalue weighted by Gasteiger charge is 2.07. The van der Waals surface area contributed by atoms with E-state index in [0.29, 0.717) is 18.8 Å². The lowest BCUT2D eigenvalue weighted by Crippen LogP contribution is -2.29. The lowest BCUT2D eigenvalue weighted by Gasteiger charge is -2.08. The molecule has 0 aliphatic heterocycles. The molecule has 6 heteroatoms. The molecule has 5 nitrogen and oxygen atoms in total. The van der Waals surface area contributed by atoms with Crippen LogP contribution < -0.4 is 5.32 Å². The van der Waals surface area contributed by atoms with E-state index < -0.39 is 15.9 Å². The molecule has 0 radical (unpaired) electrons. The summed E-state index contributed by atoms with van der Waals surface area (Å²) < 4.78 is 29.6. The number of amides is 1. The summed E-state index contributed by atoms with van der Waals surface area (Å²) in [5.41, 5.74) is 2.35. The van der Waals surface area contributed by atoms with Crippen molar-refractivity contribution in [2.45, 2.75) is 33.1 Å². The molecule has 0 aromatic heterocycles. The van der Waals surface area contributed by atoms with Crippen LogP contribution in [0.4, 0.5) is 0 Å². The average Bonchev–Trinajstić information content (AvgIpc) is 2.34. The van der Waals surface area contributed by atoms with Gasteiger partial charge in [-0.25, -0.2) is 0 Å². The summed E-state index contributed by atoms with van der Waals surface area (Å²) in [6, 6.07) is 8.15. The quantitative estimate of drug-likeness (QED) is 0.717. The van der Waals surface area contributed by atoms with E-state index in [0.717, 1.165) is 12.0 Å². The van der Waals surface area contributed by atoms with Crippen LogP contribution in [0.15, 0.2) is 24.3 Å². The fourth-order valence-corrected chi connectivity index (χ4v) is 2.41. The zero-order chi connectivity index (χ0) is 15.9. The van der Waals surface area contributed by atoms with Crippen molar-refractivity contribution in [2.24, 2.45) is 5.92 Å². The van der Waals surface area contributed by atoms with Crippen molar-refractivity contribution in [3.63, 3.8) is 0 Å². The lowest BCUT2D eigenvalue weighted by atomic mass is 9.99. The van der Waals surface area contributed by atoms with Gasteiger partial charge in [-0.15, -0.1) is 0 Å². The number of nitrogens with one attached hydrogen (secondary N) is 1. The molecule has 118 valence electrons. The lowest BCUT2D eigenvalue weighted by molar-refractivity contribution is -0.120. The van der Waals surface area contributed by atoms with Gasteiger partial charge in [0.1, 0.15) is 0 Å². The molecular weight excluding hydrogens is 290 g/mol. The highest BCUT2D eigenvalue weighted by molar-refractivity contribution is 7.85. The molecule has 1 rings (SSSR count). The van der Waals surface area contributed by atoms with Gasteiger partial charge in [-0.1, -0.05) is 38.1 Å². The molecule has 0 heterocycles. The van der Waals surface area contributed by atoms with E-state index in [-0.39, 0.29) is 12.5 Å². The van der Waals surface area contributed by atoms with Crippen molar-refractivity contribution >= 4 is 16.0 Å². The fraction of sp³-hybridized carbons (Fsp3) is 0.533. The van der Waals surface area contributed by atoms with E-state index in [9.17, 15) is 13.2 Å². The maximum absolute atomic E-state index is 11.6. The number of aryl methyl sites for hydroxylation is 1. The largest absolute Gasteiger partial charge is 0.355 e. The zero-order valence-corrected chi connectivity index (χ0v) is 13.3. The van der Waals surface area contributed by atoms with E-state index in [4.69, 9.17) is 4.55 Å². The minimum atomic E-state index is -4.02. The molecule has 0 unspecified atom stereocenters. The molecule has 0 atom stereocenters. The minimum absolute atomic E-state index is 0.0644. The molecule has 0 spiro atoms. The molecule has 2 N–H and O–H groups in total. The Balaban J connectivity index is 2.39. The number of hydrogen-bond donors (Lipinski definition) is 2. The molecule has 0 fully saturated rings. The molecule has 21 heavy (non-hydrogen) atoms. The Kier molecular flexibility index (Phi) is 6.84. The van der Waals surface area contributed by atoms with Crippen LogP contribution in [0.3, 0.4) is 0 Å². The Morgan fingerprint density at radius 2 is 1.95 bits per heavy atom. The molecular formula is C15H23NO4S. The summed E-state index contributed by atoms with van der Waals surface area (Å²) in [5, 5.41) is 2.48. The number of benzene rings is 1. The summed E-state index contributed by atoms with van der Waals surface area (Å²) in [5.74, 6) is -0.0836. The van der Waals surface area contributed by atoms with Gasteiger partial charge in [0.15, 0.2) is 0 Å². The summed E-state index contributed by atoms with van der Waals surface area (Å²) in [4.78, 5) is 11.6. The highest BCUT2D eigenvalue weighted by Crippen LogP contribution is 2.12. The molecule has 1 aromatic rings. The van der Waals surface area contributed by atoms with Gasteiger partial charge in [0.2, 0.25) is 5.91 Å². The van der Waals surface area contributed by atoms with Gasteiger partial charge in [-0.3, -0.25) is 9.35 Å². The van der Waals surface area contributed by atoms with Crippen LogP contribution in [-0.2, 0) is 27.8 Å². The Morgan fingerprint density at radius 1 is 1.29 bits per heavy atom. The van der Waals surface area contributed by atoms with Crippen LogP contribution in [0.1, 0.15) is 31.4 Å². The van der Waals surface area contributed by atoms with Crippen LogP contribution >= 0.6 is 0 Å². The van der Waals surface area contributed by atoms with Gasteiger partial charge in [0.05, 0.1) is 5.75 Å². The van der Waals surface area contributed by atoms with Crippen molar-refractivity contribution in [2.75, 3.05) is 12.3 Å². The molecule has 1 amide bonds. The van der Waals surface area contributed by atoms with Crippen LogP contribution in [0, 0.1) is 5.92 Å². The maximum atomic E-state index is 11.6. The Labute approximate surface area is 126 Å². The monoisotopic (exact) mass is 313 g/mol. The van der Waals surface area contributed by atoms with Crippen molar-refractivity contribution in [3.8, 4) is 0 Å². The zero-order valence-electron chi connectivity index (χ0n) is 12.5. The second-order valence-corrected chi connectivity index (χ2v) is 7.13. The smallest absolute Gasteiger partial charge is 0.266 e. The van der Waals surface area contributed by atoms with Crippen LogP contribution in [0.2, 0.25) is 0 Å². The van der Waals surface area contributed by atoms with Crippen molar-refractivity contribution in [3.05, 3.63) is 35.4 Å². The first-order valence-corrected chi connectivity index (χ1v) is 8.67. The number of rotatable bonds is 8. The average molecular weight is 313 g/mol. The van der Waals surface area contributed by atoms with Crippen molar-refractivity contribution in [1.82, 2.24) is 5.32 Å². The third kappa shape index (κ3) is 8.47. The van der Waals surface area contributed by atoms with E-state index in [2.05, 4.69) is 31.3 Å². The summed E-state index contributed by atoms with van der Waals surface area (Å²) in [7, 11) is -4.02. The molecule has 0 aliphatic rings. The predicted octanol–water partition coefficient (Wildman–Crippen LogP) is 1.82. The molecule has 0 bridgehead atoms. The first-order chi connectivity index (χ1) is 9.76. The second-order valence-electron chi connectivity index (χ2n) is 5.55. The standard InChI is InChI=1S/C15H23NO4S/c1-12(2)10-14-5-3-4-13(11-14)6-7-15(17)16-8-9-21(18,19)20/h3-5,11-12H,6-10H2,1-2H3,(H,16,17)(H,18,19,20). The molecule has 1 aromatic carbocycles. The van der Waals surface area contributed by atoms with E-state index in [1.165, 1.54) is 5.56 Å². The van der Waals surface area contributed by atoms with Crippen molar-refractivity contribution in [1.29, 1.82) is 0 Å². The number of carbonyl (C=O) groups is 1. The Bertz CT molecular complexity index is 567. The Hall–Kier alpha value is -1.40. The second kappa shape index (κ2) is 8.14. The van der Waals surface area contributed by atoms with E-state index >= 15 is 0 Å². The van der Waals surface area contributed by atoms with Gasteiger partial charge in [0, 0.05) is 13.0 Å². The topological polar surface area (TPSA) is 83.5 Å². The van der Waals surface area contributed by atoms with Crippen LogP contribution in [0.25, 0.3) is 0 Å². The van der Waals surface area contributed by atoms with Gasteiger partial charge < -0.3 is 5.32 Å². The maximum Gasteiger partial charge on any atom is 0.266 e. The number of hydrogen-bond acceptors (Lipinski definition) is 3. The Morgan fingerprint density at radius 3 is 2.57 bits per heavy atom. The highest BCUT2D eigenvalue weighted by atomic mass is 32.2. The van der Waals surface area contributed by atoms with Gasteiger partial charge in [-0.2, -0.15) is 8.42 Å². The summed E-state index contributed by atoms with van der Waals surface area (Å²) in [6.07, 6.45) is 1.93. The third-order valence-corrected chi connectivity index (χ3v) is 3.68. The van der Waals surface area contributed by atoms with Crippen molar-refractivity contribution < 1.29 is 17.8 Å². The van der Waals surface area contributed by atoms with Gasteiger partial charge in [0.25, 0.3) is 10.1 Å². The van der Waals surface area contributed by atoms with E-state index in [1.54, 1.807) is 0 Å². The number of carbonyl (C=O) groups excluding carboxylic acids is 1. The summed E-state index contributed by atoms with van der Waals surface area (Å²) in [6.45, 7) is 4.26. The molecule has 0 saturated heterocycles. The van der Waals surface area contributed by atoms with E-state index in [1.807, 2.05) is 12.1 Å². The first kappa shape index (κ1) is 17.7. The third-order valence-electron chi connectivity index (χ3n) is 2.96. The predicted molar refractivity (Wildman–Crippen MR) is 82.7 cm³/mol. The normalized spacial score (nSPS) is 11.6. The summed E-state index contributed by atoms with van der Waals surface area (Å²) >= 11 is 0. The minimum Gasteiger partial charge on any atom is -0.355 e. The fourth-order valence-electron chi connectivity index (χ4n) is 2.05. The van der Waals surface area contributed by atoms with Gasteiger partial charge >= 0.3 is 0 Å².